The third-order valence-electron chi connectivity index (χ3n) is 5.32. The van der Waals surface area contributed by atoms with Crippen LogP contribution in [0.3, 0.4) is 0 Å². The minimum Gasteiger partial charge on any atom is -0.456 e. The van der Waals surface area contributed by atoms with Gasteiger partial charge in [-0.25, -0.2) is 0 Å². The average molecular weight is 330 g/mol. The molecule has 122 valence electrons. The Kier molecular flexibility index (Phi) is 1.99. The van der Waals surface area contributed by atoms with Gasteiger partial charge in [0.15, 0.2) is 0 Å². The molecule has 0 unspecified atom stereocenters. The highest BCUT2D eigenvalue weighted by Gasteiger charge is 2.52. The molecule has 0 atom stereocenters. The van der Waals surface area contributed by atoms with Gasteiger partial charge in [-0.15, -0.1) is 0 Å². The second-order valence-corrected chi connectivity index (χ2v) is 6.84. The standard InChI is InChI=1S/C20H14N2O3/c1-20-17-11-3-2-4-12(17)24-14-6-10(22)8-16(19(14)20)25-15-7-9(21)5-13(23-11)18(15)20/h2-8H,21-22H2,1H3. The van der Waals surface area contributed by atoms with Crippen LogP contribution >= 0.6 is 0 Å². The van der Waals surface area contributed by atoms with Crippen molar-refractivity contribution >= 4 is 11.4 Å². The summed E-state index contributed by atoms with van der Waals surface area (Å²) in [6.07, 6.45) is 0. The fraction of sp³-hybridized carbons (Fsp3) is 0.100. The monoisotopic (exact) mass is 330 g/mol. The summed E-state index contributed by atoms with van der Waals surface area (Å²) in [6.45, 7) is 2.18. The molecule has 0 saturated carbocycles. The molecule has 0 fully saturated rings. The normalized spacial score (nSPS) is 16.2. The second-order valence-electron chi connectivity index (χ2n) is 6.84. The summed E-state index contributed by atoms with van der Waals surface area (Å²) in [4.78, 5) is 0. The highest BCUT2D eigenvalue weighted by Crippen LogP contribution is 2.66. The Bertz CT molecular complexity index is 1040. The molecule has 3 aromatic carbocycles. The van der Waals surface area contributed by atoms with Gasteiger partial charge in [-0.3, -0.25) is 0 Å². The molecule has 3 aromatic rings. The van der Waals surface area contributed by atoms with Crippen molar-refractivity contribution in [2.24, 2.45) is 0 Å². The quantitative estimate of drug-likeness (QED) is 0.463. The summed E-state index contributed by atoms with van der Waals surface area (Å²) in [7, 11) is 0. The van der Waals surface area contributed by atoms with E-state index >= 15 is 0 Å². The third kappa shape index (κ3) is 1.36. The number of ether oxygens (including phenoxy) is 3. The first-order chi connectivity index (χ1) is 12.1. The van der Waals surface area contributed by atoms with E-state index in [1.165, 1.54) is 0 Å². The van der Waals surface area contributed by atoms with E-state index in [1.54, 1.807) is 0 Å². The van der Waals surface area contributed by atoms with Gasteiger partial charge in [0.2, 0.25) is 0 Å². The lowest BCUT2D eigenvalue weighted by Gasteiger charge is -2.45. The maximum Gasteiger partial charge on any atom is 0.137 e. The minimum absolute atomic E-state index is 0.447. The molecule has 5 nitrogen and oxygen atoms in total. The molecule has 0 aromatic heterocycles. The summed E-state index contributed by atoms with van der Waals surface area (Å²) in [5.74, 6) is 4.39. The Labute approximate surface area is 143 Å². The lowest BCUT2D eigenvalue weighted by molar-refractivity contribution is 0.338. The van der Waals surface area contributed by atoms with E-state index < -0.39 is 5.41 Å². The largest absolute Gasteiger partial charge is 0.456 e. The first-order valence-electron chi connectivity index (χ1n) is 8.11. The zero-order valence-electron chi connectivity index (χ0n) is 13.4. The Balaban J connectivity index is 1.84. The van der Waals surface area contributed by atoms with Crippen LogP contribution in [0.5, 0.6) is 34.5 Å². The van der Waals surface area contributed by atoms with E-state index in [4.69, 9.17) is 25.7 Å². The Morgan fingerprint density at radius 2 is 1.00 bits per heavy atom. The molecule has 0 spiro atoms. The van der Waals surface area contributed by atoms with Crippen LogP contribution in [-0.2, 0) is 5.41 Å². The molecule has 0 aliphatic carbocycles. The van der Waals surface area contributed by atoms with Crippen molar-refractivity contribution in [1.29, 1.82) is 0 Å². The van der Waals surface area contributed by atoms with Gasteiger partial charge in [0.25, 0.3) is 0 Å². The third-order valence-corrected chi connectivity index (χ3v) is 5.32. The van der Waals surface area contributed by atoms with Crippen LogP contribution in [0.2, 0.25) is 0 Å². The molecule has 6 rings (SSSR count). The number of anilines is 2. The number of nitrogens with two attached hydrogens (primary N) is 2. The Morgan fingerprint density at radius 3 is 1.44 bits per heavy atom. The number of rotatable bonds is 0. The number of benzene rings is 3. The summed E-state index contributed by atoms with van der Waals surface area (Å²) in [6, 6.07) is 13.2. The van der Waals surface area contributed by atoms with Crippen molar-refractivity contribution in [3.05, 3.63) is 59.2 Å². The smallest absolute Gasteiger partial charge is 0.137 e. The zero-order valence-corrected chi connectivity index (χ0v) is 13.4. The van der Waals surface area contributed by atoms with Crippen LogP contribution in [0.25, 0.3) is 0 Å². The fourth-order valence-electron chi connectivity index (χ4n) is 4.43. The van der Waals surface area contributed by atoms with Crippen LogP contribution < -0.4 is 25.7 Å². The molecule has 3 heterocycles. The maximum absolute atomic E-state index is 6.16. The molecule has 0 amide bonds. The van der Waals surface area contributed by atoms with Crippen LogP contribution in [0.15, 0.2) is 42.5 Å². The minimum atomic E-state index is -0.447. The highest BCUT2D eigenvalue weighted by molar-refractivity contribution is 5.80. The molecule has 3 aliphatic rings. The molecule has 0 bridgehead atoms. The SMILES string of the molecule is CC12c3c4cccc3Oc3cc(N)cc(c31)Oc1cc(N)cc(c12)O4. The molecular weight excluding hydrogens is 316 g/mol. The van der Waals surface area contributed by atoms with Gasteiger partial charge in [-0.1, -0.05) is 6.07 Å². The van der Waals surface area contributed by atoms with Gasteiger partial charge in [-0.05, 0) is 19.1 Å². The van der Waals surface area contributed by atoms with Crippen molar-refractivity contribution in [1.82, 2.24) is 0 Å². The van der Waals surface area contributed by atoms with Gasteiger partial charge in [0.05, 0.1) is 22.1 Å². The van der Waals surface area contributed by atoms with Gasteiger partial charge >= 0.3 is 0 Å². The molecule has 4 N–H and O–H groups in total. The van der Waals surface area contributed by atoms with Crippen LogP contribution in [0, 0.1) is 0 Å². The summed E-state index contributed by atoms with van der Waals surface area (Å²) < 4.78 is 18.5. The topological polar surface area (TPSA) is 79.7 Å². The number of hydrogen-bond acceptors (Lipinski definition) is 5. The lowest BCUT2D eigenvalue weighted by atomic mass is 9.66. The zero-order chi connectivity index (χ0) is 16.9. The van der Waals surface area contributed by atoms with Gasteiger partial charge in [-0.2, -0.15) is 0 Å². The van der Waals surface area contributed by atoms with Crippen molar-refractivity contribution in [2.45, 2.75) is 12.3 Å². The summed E-state index contributed by atoms with van der Waals surface area (Å²) in [5.41, 5.74) is 15.8. The van der Waals surface area contributed by atoms with Crippen molar-refractivity contribution < 1.29 is 14.2 Å². The van der Waals surface area contributed by atoms with E-state index in [0.717, 1.165) is 39.7 Å². The van der Waals surface area contributed by atoms with E-state index in [-0.39, 0.29) is 0 Å². The van der Waals surface area contributed by atoms with Crippen molar-refractivity contribution in [3.8, 4) is 34.5 Å². The highest BCUT2D eigenvalue weighted by atomic mass is 16.5. The number of nitrogen functional groups attached to an aromatic ring is 2. The average Bonchev–Trinajstić information content (AvgIpc) is 2.52. The lowest BCUT2D eigenvalue weighted by Crippen LogP contribution is -2.35. The Hall–Kier alpha value is -3.34. The van der Waals surface area contributed by atoms with E-state index in [0.29, 0.717) is 22.9 Å². The predicted octanol–water partition coefficient (Wildman–Crippen LogP) is 4.52. The molecule has 25 heavy (non-hydrogen) atoms. The molecule has 3 aliphatic heterocycles. The maximum atomic E-state index is 6.16. The summed E-state index contributed by atoms with van der Waals surface area (Å²) in [5, 5.41) is 0. The van der Waals surface area contributed by atoms with Gasteiger partial charge in [0, 0.05) is 35.6 Å². The molecular formula is C20H14N2O3. The van der Waals surface area contributed by atoms with Crippen molar-refractivity contribution in [2.75, 3.05) is 11.5 Å². The van der Waals surface area contributed by atoms with Crippen LogP contribution in [0.1, 0.15) is 23.6 Å². The molecule has 0 radical (unpaired) electrons. The summed E-state index contributed by atoms with van der Waals surface area (Å²) >= 11 is 0. The van der Waals surface area contributed by atoms with Gasteiger partial charge in [0.1, 0.15) is 34.5 Å². The van der Waals surface area contributed by atoms with E-state index in [1.807, 2.05) is 42.5 Å². The molecule has 0 saturated heterocycles. The van der Waals surface area contributed by atoms with Gasteiger partial charge < -0.3 is 25.7 Å². The second kappa shape index (κ2) is 3.83. The Morgan fingerprint density at radius 1 is 0.640 bits per heavy atom. The van der Waals surface area contributed by atoms with Crippen LogP contribution in [0.4, 0.5) is 11.4 Å². The number of hydrogen-bond donors (Lipinski definition) is 2. The van der Waals surface area contributed by atoms with E-state index in [2.05, 4.69) is 6.92 Å². The molecule has 5 heteroatoms. The fourth-order valence-corrected chi connectivity index (χ4v) is 4.43. The van der Waals surface area contributed by atoms with E-state index in [9.17, 15) is 0 Å². The predicted molar refractivity (Wildman–Crippen MR) is 93.9 cm³/mol. The first kappa shape index (κ1) is 13.0. The first-order valence-corrected chi connectivity index (χ1v) is 8.11. The van der Waals surface area contributed by atoms with Crippen molar-refractivity contribution in [3.63, 3.8) is 0 Å². The van der Waals surface area contributed by atoms with Crippen LogP contribution in [-0.4, -0.2) is 0 Å².